The van der Waals surface area contributed by atoms with E-state index < -0.39 is 18.2 Å². The monoisotopic (exact) mass is 282 g/mol. The molecule has 2 aromatic rings. The third-order valence-electron chi connectivity index (χ3n) is 3.36. The summed E-state index contributed by atoms with van der Waals surface area (Å²) >= 11 is 0. The fraction of sp³-hybridized carbons (Fsp3) is 0.176. The number of ketones is 1. The lowest BCUT2D eigenvalue weighted by molar-refractivity contribution is -0.148. The smallest absolute Gasteiger partial charge is 0.303 e. The summed E-state index contributed by atoms with van der Waals surface area (Å²) in [6, 6.07) is 16.3. The number of ether oxygens (including phenoxy) is 2. The number of rotatable bonds is 2. The number of esters is 1. The topological polar surface area (TPSA) is 52.6 Å². The standard InChI is InChI=1S/C17H14O4/c1-11(18)20-17-15(19)13-9-5-6-10-14(13)21-16(17)12-7-3-2-4-8-12/h2-10,16-17H,1H3/t16-,17+/m0/s1. The summed E-state index contributed by atoms with van der Waals surface area (Å²) in [5.41, 5.74) is 1.24. The Morgan fingerprint density at radius 2 is 1.71 bits per heavy atom. The van der Waals surface area contributed by atoms with Crippen molar-refractivity contribution in [1.82, 2.24) is 0 Å². The molecule has 0 N–H and O–H groups in total. The highest BCUT2D eigenvalue weighted by Gasteiger charge is 2.40. The fourth-order valence-corrected chi connectivity index (χ4v) is 2.44. The van der Waals surface area contributed by atoms with Crippen LogP contribution in [0.4, 0.5) is 0 Å². The van der Waals surface area contributed by atoms with E-state index in [0.717, 1.165) is 5.56 Å². The number of carbonyl (C=O) groups is 2. The van der Waals surface area contributed by atoms with Gasteiger partial charge in [-0.05, 0) is 17.7 Å². The van der Waals surface area contributed by atoms with E-state index in [9.17, 15) is 9.59 Å². The molecule has 1 aliphatic heterocycles. The van der Waals surface area contributed by atoms with Gasteiger partial charge in [0.1, 0.15) is 5.75 Å². The number of carbonyl (C=O) groups excluding carboxylic acids is 2. The van der Waals surface area contributed by atoms with E-state index in [1.54, 1.807) is 24.3 Å². The van der Waals surface area contributed by atoms with E-state index in [4.69, 9.17) is 9.47 Å². The molecule has 4 heteroatoms. The maximum atomic E-state index is 12.6. The molecule has 0 spiro atoms. The Hall–Kier alpha value is -2.62. The number of Topliss-reactive ketones (excluding diaryl/α,β-unsaturated/α-hetero) is 1. The SMILES string of the molecule is CC(=O)O[C@@H]1C(=O)c2ccccc2O[C@H]1c1ccccc1. The molecule has 0 unspecified atom stereocenters. The summed E-state index contributed by atoms with van der Waals surface area (Å²) in [6.45, 7) is 1.29. The lowest BCUT2D eigenvalue weighted by atomic mass is 9.93. The van der Waals surface area contributed by atoms with Gasteiger partial charge in [-0.2, -0.15) is 0 Å². The molecule has 0 radical (unpaired) electrons. The van der Waals surface area contributed by atoms with Crippen molar-refractivity contribution in [3.05, 3.63) is 65.7 Å². The van der Waals surface area contributed by atoms with E-state index in [2.05, 4.69) is 0 Å². The first-order valence-electron chi connectivity index (χ1n) is 6.69. The van der Waals surface area contributed by atoms with E-state index in [1.807, 2.05) is 30.3 Å². The van der Waals surface area contributed by atoms with Crippen molar-refractivity contribution >= 4 is 11.8 Å². The quantitative estimate of drug-likeness (QED) is 0.795. The van der Waals surface area contributed by atoms with Crippen molar-refractivity contribution in [2.24, 2.45) is 0 Å². The number of benzene rings is 2. The zero-order chi connectivity index (χ0) is 14.8. The van der Waals surface area contributed by atoms with Crippen molar-refractivity contribution in [3.63, 3.8) is 0 Å². The van der Waals surface area contributed by atoms with Gasteiger partial charge in [-0.3, -0.25) is 9.59 Å². The number of para-hydroxylation sites is 1. The Bertz CT molecular complexity index is 678. The molecule has 4 nitrogen and oxygen atoms in total. The highest BCUT2D eigenvalue weighted by Crippen LogP contribution is 2.36. The van der Waals surface area contributed by atoms with E-state index >= 15 is 0 Å². The molecule has 0 bridgehead atoms. The van der Waals surface area contributed by atoms with Crippen LogP contribution in [0.25, 0.3) is 0 Å². The van der Waals surface area contributed by atoms with E-state index in [0.29, 0.717) is 11.3 Å². The van der Waals surface area contributed by atoms with Crippen LogP contribution in [0, 0.1) is 0 Å². The van der Waals surface area contributed by atoms with Gasteiger partial charge in [-0.1, -0.05) is 42.5 Å². The third-order valence-corrected chi connectivity index (χ3v) is 3.36. The lowest BCUT2D eigenvalue weighted by Gasteiger charge is -2.32. The molecule has 3 rings (SSSR count). The molecular weight excluding hydrogens is 268 g/mol. The summed E-state index contributed by atoms with van der Waals surface area (Å²) in [5.74, 6) is -0.224. The van der Waals surface area contributed by atoms with Crippen LogP contribution in [-0.4, -0.2) is 17.9 Å². The van der Waals surface area contributed by atoms with Gasteiger partial charge in [0.25, 0.3) is 0 Å². The van der Waals surface area contributed by atoms with Crippen LogP contribution in [0.2, 0.25) is 0 Å². The summed E-state index contributed by atoms with van der Waals surface area (Å²) in [5, 5.41) is 0. The van der Waals surface area contributed by atoms with Crippen LogP contribution in [0.5, 0.6) is 5.75 Å². The normalized spacial score (nSPS) is 20.3. The second kappa shape index (κ2) is 5.40. The minimum Gasteiger partial charge on any atom is -0.481 e. The second-order valence-electron chi connectivity index (χ2n) is 4.84. The first kappa shape index (κ1) is 13.4. The minimum absolute atomic E-state index is 0.235. The molecule has 21 heavy (non-hydrogen) atoms. The number of fused-ring (bicyclic) bond motifs is 1. The molecule has 1 aliphatic rings. The zero-order valence-corrected chi connectivity index (χ0v) is 11.5. The van der Waals surface area contributed by atoms with Gasteiger partial charge in [0, 0.05) is 6.92 Å². The largest absolute Gasteiger partial charge is 0.481 e. The molecule has 0 amide bonds. The third kappa shape index (κ3) is 2.52. The minimum atomic E-state index is -0.959. The van der Waals surface area contributed by atoms with Crippen LogP contribution in [-0.2, 0) is 9.53 Å². The first-order chi connectivity index (χ1) is 10.2. The highest BCUT2D eigenvalue weighted by molar-refractivity contribution is 6.04. The summed E-state index contributed by atoms with van der Waals surface area (Å²) in [7, 11) is 0. The average molecular weight is 282 g/mol. The van der Waals surface area contributed by atoms with Gasteiger partial charge < -0.3 is 9.47 Å². The van der Waals surface area contributed by atoms with E-state index in [1.165, 1.54) is 6.92 Å². The number of hydrogen-bond acceptors (Lipinski definition) is 4. The van der Waals surface area contributed by atoms with Crippen molar-refractivity contribution in [2.45, 2.75) is 19.1 Å². The highest BCUT2D eigenvalue weighted by atomic mass is 16.6. The number of hydrogen-bond donors (Lipinski definition) is 0. The zero-order valence-electron chi connectivity index (χ0n) is 11.5. The summed E-state index contributed by atoms with van der Waals surface area (Å²) in [6.07, 6.45) is -1.59. The molecule has 0 aliphatic carbocycles. The Balaban J connectivity index is 2.05. The van der Waals surface area contributed by atoms with Crippen molar-refractivity contribution in [1.29, 1.82) is 0 Å². The lowest BCUT2D eigenvalue weighted by Crippen LogP contribution is -2.39. The van der Waals surface area contributed by atoms with Crippen LogP contribution in [0.1, 0.15) is 28.9 Å². The van der Waals surface area contributed by atoms with Gasteiger partial charge in [-0.25, -0.2) is 0 Å². The first-order valence-corrected chi connectivity index (χ1v) is 6.69. The molecule has 0 saturated carbocycles. The van der Waals surface area contributed by atoms with Gasteiger partial charge in [-0.15, -0.1) is 0 Å². The molecule has 106 valence electrons. The molecule has 2 atom stereocenters. The van der Waals surface area contributed by atoms with Crippen LogP contribution >= 0.6 is 0 Å². The van der Waals surface area contributed by atoms with Crippen LogP contribution in [0.15, 0.2) is 54.6 Å². The average Bonchev–Trinajstić information content (AvgIpc) is 2.50. The predicted molar refractivity (Wildman–Crippen MR) is 76.1 cm³/mol. The summed E-state index contributed by atoms with van der Waals surface area (Å²) in [4.78, 5) is 23.9. The Kier molecular flexibility index (Phi) is 3.44. The fourth-order valence-electron chi connectivity index (χ4n) is 2.44. The van der Waals surface area contributed by atoms with Gasteiger partial charge in [0.15, 0.2) is 6.10 Å². The molecule has 2 aromatic carbocycles. The van der Waals surface area contributed by atoms with Crippen molar-refractivity contribution < 1.29 is 19.1 Å². The Morgan fingerprint density at radius 3 is 2.43 bits per heavy atom. The molecule has 0 saturated heterocycles. The van der Waals surface area contributed by atoms with Crippen molar-refractivity contribution in [2.75, 3.05) is 0 Å². The van der Waals surface area contributed by atoms with Crippen LogP contribution < -0.4 is 4.74 Å². The van der Waals surface area contributed by atoms with Gasteiger partial charge in [0.2, 0.25) is 11.9 Å². The molecule has 1 heterocycles. The molecular formula is C17H14O4. The molecule has 0 aromatic heterocycles. The Labute approximate surface area is 122 Å². The van der Waals surface area contributed by atoms with Gasteiger partial charge in [0.05, 0.1) is 5.56 Å². The maximum Gasteiger partial charge on any atom is 0.303 e. The Morgan fingerprint density at radius 1 is 1.05 bits per heavy atom. The van der Waals surface area contributed by atoms with Gasteiger partial charge >= 0.3 is 5.97 Å². The van der Waals surface area contributed by atoms with Crippen molar-refractivity contribution in [3.8, 4) is 5.75 Å². The second-order valence-corrected chi connectivity index (χ2v) is 4.84. The predicted octanol–water partition coefficient (Wildman–Crippen LogP) is 2.93. The van der Waals surface area contributed by atoms with Crippen LogP contribution in [0.3, 0.4) is 0 Å². The maximum absolute atomic E-state index is 12.6. The van der Waals surface area contributed by atoms with E-state index in [-0.39, 0.29) is 5.78 Å². The molecule has 0 fully saturated rings. The summed E-state index contributed by atoms with van der Waals surface area (Å²) < 4.78 is 11.1.